The molecule has 16 heavy (non-hydrogen) atoms. The van der Waals surface area contributed by atoms with E-state index in [9.17, 15) is 4.79 Å². The number of hydrogen-bond acceptors (Lipinski definition) is 3. The summed E-state index contributed by atoms with van der Waals surface area (Å²) in [6, 6.07) is -0.146. The molecule has 3 nitrogen and oxygen atoms in total. The number of hydrogen-bond donors (Lipinski definition) is 0. The van der Waals surface area contributed by atoms with Crippen LogP contribution in [0.25, 0.3) is 0 Å². The zero-order valence-electron chi connectivity index (χ0n) is 11.4. The largest absolute Gasteiger partial charge is 0.459 e. The van der Waals surface area contributed by atoms with Crippen molar-refractivity contribution in [1.29, 1.82) is 0 Å². The number of rotatable bonds is 4. The molecule has 0 saturated heterocycles. The molecule has 0 aromatic carbocycles. The second kappa shape index (κ2) is 4.74. The van der Waals surface area contributed by atoms with Crippen LogP contribution >= 0.6 is 0 Å². The van der Waals surface area contributed by atoms with Gasteiger partial charge in [-0.2, -0.15) is 0 Å². The van der Waals surface area contributed by atoms with Gasteiger partial charge in [0.05, 0.1) is 0 Å². The van der Waals surface area contributed by atoms with Crippen LogP contribution in [0.2, 0.25) is 0 Å². The topological polar surface area (TPSA) is 29.5 Å². The van der Waals surface area contributed by atoms with Crippen LogP contribution in [0.5, 0.6) is 0 Å². The van der Waals surface area contributed by atoms with Crippen molar-refractivity contribution in [2.45, 2.75) is 52.7 Å². The molecule has 0 radical (unpaired) electrons. The summed E-state index contributed by atoms with van der Waals surface area (Å²) in [7, 11) is 2.00. The van der Waals surface area contributed by atoms with Gasteiger partial charge >= 0.3 is 5.97 Å². The van der Waals surface area contributed by atoms with E-state index in [4.69, 9.17) is 4.74 Å². The van der Waals surface area contributed by atoms with Crippen molar-refractivity contribution in [2.24, 2.45) is 11.8 Å². The summed E-state index contributed by atoms with van der Waals surface area (Å²) in [6.07, 6.45) is 1.30. The van der Waals surface area contributed by atoms with Crippen LogP contribution in [-0.4, -0.2) is 36.1 Å². The normalized spacial score (nSPS) is 26.7. The molecular formula is C13H25NO2. The highest BCUT2D eigenvalue weighted by Crippen LogP contribution is 2.38. The fourth-order valence-corrected chi connectivity index (χ4v) is 1.75. The average molecular weight is 227 g/mol. The van der Waals surface area contributed by atoms with E-state index in [1.165, 1.54) is 6.42 Å². The summed E-state index contributed by atoms with van der Waals surface area (Å²) < 4.78 is 5.37. The number of nitrogens with zero attached hydrogens (tertiary/aromatic N) is 1. The fourth-order valence-electron chi connectivity index (χ4n) is 1.75. The van der Waals surface area contributed by atoms with E-state index in [0.717, 1.165) is 18.4 Å². The maximum Gasteiger partial charge on any atom is 0.323 e. The maximum absolute atomic E-state index is 11.8. The summed E-state index contributed by atoms with van der Waals surface area (Å²) in [5, 5.41) is 0. The van der Waals surface area contributed by atoms with Crippen molar-refractivity contribution in [1.82, 2.24) is 4.90 Å². The van der Waals surface area contributed by atoms with Gasteiger partial charge in [-0.25, -0.2) is 0 Å². The Morgan fingerprint density at radius 2 is 2.00 bits per heavy atom. The highest BCUT2D eigenvalue weighted by atomic mass is 16.6. The first kappa shape index (κ1) is 13.5. The molecule has 0 N–H and O–H groups in total. The molecule has 0 aliphatic heterocycles. The lowest BCUT2D eigenvalue weighted by Crippen LogP contribution is -2.41. The molecule has 3 unspecified atom stereocenters. The van der Waals surface area contributed by atoms with E-state index in [1.54, 1.807) is 0 Å². The minimum absolute atomic E-state index is 0.122. The Kier molecular flexibility index (Phi) is 4.00. The molecule has 0 bridgehead atoms. The van der Waals surface area contributed by atoms with Crippen LogP contribution in [0.15, 0.2) is 0 Å². The van der Waals surface area contributed by atoms with Gasteiger partial charge in [0, 0.05) is 6.54 Å². The zero-order chi connectivity index (χ0) is 12.5. The lowest BCUT2D eigenvalue weighted by molar-refractivity contribution is -0.160. The molecule has 1 fully saturated rings. The lowest BCUT2D eigenvalue weighted by atomic mass is 10.2. The molecule has 0 heterocycles. The Hall–Kier alpha value is -0.570. The van der Waals surface area contributed by atoms with Crippen molar-refractivity contribution < 1.29 is 9.53 Å². The summed E-state index contributed by atoms with van der Waals surface area (Å²) in [4.78, 5) is 13.9. The predicted molar refractivity (Wildman–Crippen MR) is 65.2 cm³/mol. The third kappa shape index (κ3) is 4.12. The lowest BCUT2D eigenvalue weighted by Gasteiger charge is -2.27. The molecule has 94 valence electrons. The van der Waals surface area contributed by atoms with Crippen LogP contribution in [0.1, 0.15) is 41.0 Å². The first-order chi connectivity index (χ1) is 7.20. The van der Waals surface area contributed by atoms with Gasteiger partial charge in [0.2, 0.25) is 0 Å². The van der Waals surface area contributed by atoms with Crippen LogP contribution in [0.4, 0.5) is 0 Å². The number of likely N-dealkylation sites (N-methyl/N-ethyl adjacent to an activating group) is 1. The van der Waals surface area contributed by atoms with Crippen molar-refractivity contribution in [3.05, 3.63) is 0 Å². The Morgan fingerprint density at radius 1 is 1.50 bits per heavy atom. The first-order valence-electron chi connectivity index (χ1n) is 6.14. The molecule has 0 aromatic rings. The van der Waals surface area contributed by atoms with E-state index >= 15 is 0 Å². The third-order valence-electron chi connectivity index (χ3n) is 3.21. The van der Waals surface area contributed by atoms with Gasteiger partial charge in [-0.05, 0) is 53.0 Å². The molecule has 3 atom stereocenters. The highest BCUT2D eigenvalue weighted by Gasteiger charge is 2.35. The summed E-state index contributed by atoms with van der Waals surface area (Å²) in [6.45, 7) is 10.9. The van der Waals surface area contributed by atoms with Crippen molar-refractivity contribution in [3.63, 3.8) is 0 Å². The van der Waals surface area contributed by atoms with Crippen LogP contribution in [0.3, 0.4) is 0 Å². The van der Waals surface area contributed by atoms with E-state index in [-0.39, 0.29) is 17.6 Å². The Labute approximate surface area is 99.1 Å². The molecule has 1 saturated carbocycles. The van der Waals surface area contributed by atoms with Gasteiger partial charge in [0.1, 0.15) is 11.6 Å². The zero-order valence-corrected chi connectivity index (χ0v) is 11.4. The molecule has 1 aliphatic rings. The second-order valence-electron chi connectivity index (χ2n) is 6.12. The summed E-state index contributed by atoms with van der Waals surface area (Å²) in [5.74, 6) is 1.48. The molecular weight excluding hydrogens is 202 g/mol. The van der Waals surface area contributed by atoms with Crippen LogP contribution < -0.4 is 0 Å². The molecule has 0 amide bonds. The number of esters is 1. The number of carbonyl (C=O) groups excluding carboxylic acids is 1. The number of ether oxygens (including phenoxy) is 1. The maximum atomic E-state index is 11.8. The molecule has 0 spiro atoms. The van der Waals surface area contributed by atoms with Crippen molar-refractivity contribution in [3.8, 4) is 0 Å². The first-order valence-corrected chi connectivity index (χ1v) is 6.14. The van der Waals surface area contributed by atoms with E-state index in [0.29, 0.717) is 0 Å². The smallest absolute Gasteiger partial charge is 0.323 e. The quantitative estimate of drug-likeness (QED) is 0.690. The van der Waals surface area contributed by atoms with E-state index in [1.807, 2.05) is 34.7 Å². The fraction of sp³-hybridized carbons (Fsp3) is 0.923. The molecule has 1 aliphatic carbocycles. The van der Waals surface area contributed by atoms with Crippen LogP contribution in [0, 0.1) is 11.8 Å². The van der Waals surface area contributed by atoms with Gasteiger partial charge in [0.25, 0.3) is 0 Å². The van der Waals surface area contributed by atoms with E-state index in [2.05, 4.69) is 11.8 Å². The second-order valence-corrected chi connectivity index (χ2v) is 6.12. The average Bonchev–Trinajstić information content (AvgIpc) is 2.77. The van der Waals surface area contributed by atoms with Gasteiger partial charge in [-0.3, -0.25) is 9.69 Å². The van der Waals surface area contributed by atoms with E-state index < -0.39 is 0 Å². The monoisotopic (exact) mass is 227 g/mol. The SMILES string of the molecule is CC1CC1CN(C)C(C)C(=O)OC(C)(C)C. The minimum atomic E-state index is -0.390. The molecule has 1 rings (SSSR count). The molecule has 0 aromatic heterocycles. The predicted octanol–water partition coefficient (Wildman–Crippen LogP) is 2.30. The number of carbonyl (C=O) groups is 1. The Bertz CT molecular complexity index is 257. The van der Waals surface area contributed by atoms with Crippen molar-refractivity contribution >= 4 is 5.97 Å². The highest BCUT2D eigenvalue weighted by molar-refractivity contribution is 5.75. The summed E-state index contributed by atoms with van der Waals surface area (Å²) >= 11 is 0. The summed E-state index contributed by atoms with van der Waals surface area (Å²) in [5.41, 5.74) is -0.390. The van der Waals surface area contributed by atoms with Gasteiger partial charge in [-0.1, -0.05) is 6.92 Å². The Morgan fingerprint density at radius 3 is 2.38 bits per heavy atom. The molecule has 3 heteroatoms. The van der Waals surface area contributed by atoms with Crippen LogP contribution in [-0.2, 0) is 9.53 Å². The van der Waals surface area contributed by atoms with Crippen molar-refractivity contribution in [2.75, 3.05) is 13.6 Å². The Balaban J connectivity index is 2.37. The van der Waals surface area contributed by atoms with Gasteiger partial charge in [-0.15, -0.1) is 0 Å². The van der Waals surface area contributed by atoms with Gasteiger partial charge in [0.15, 0.2) is 0 Å². The standard InChI is InChI=1S/C13H25NO2/c1-9-7-11(9)8-14(6)10(2)12(15)16-13(3,4)5/h9-11H,7-8H2,1-6H3. The minimum Gasteiger partial charge on any atom is -0.459 e. The van der Waals surface area contributed by atoms with Gasteiger partial charge < -0.3 is 4.74 Å². The third-order valence-corrected chi connectivity index (χ3v) is 3.21.